The molecule has 0 heterocycles. The van der Waals surface area contributed by atoms with Crippen molar-refractivity contribution in [2.45, 2.75) is 53.0 Å². The highest BCUT2D eigenvalue weighted by Crippen LogP contribution is 2.26. The maximum Gasteiger partial charge on any atom is 0.310 e. The van der Waals surface area contributed by atoms with Crippen LogP contribution in [-0.4, -0.2) is 29.6 Å². The molecule has 1 atom stereocenters. The van der Waals surface area contributed by atoms with E-state index in [4.69, 9.17) is 11.6 Å². The van der Waals surface area contributed by atoms with Gasteiger partial charge in [0.15, 0.2) is 0 Å². The molecule has 1 aromatic rings. The number of aryl methyl sites for hydroxylation is 1. The molecule has 0 aliphatic rings. The summed E-state index contributed by atoms with van der Waals surface area (Å²) in [4.78, 5) is 23.6. The van der Waals surface area contributed by atoms with Crippen molar-refractivity contribution in [1.29, 1.82) is 0 Å². The fourth-order valence-electron chi connectivity index (χ4n) is 2.52. The van der Waals surface area contributed by atoms with Gasteiger partial charge < -0.3 is 15.7 Å². The summed E-state index contributed by atoms with van der Waals surface area (Å²) in [6, 6.07) is 5.32. The molecule has 1 unspecified atom stereocenters. The highest BCUT2D eigenvalue weighted by Gasteiger charge is 2.34. The lowest BCUT2D eigenvalue weighted by Gasteiger charge is -2.28. The van der Waals surface area contributed by atoms with Crippen molar-refractivity contribution in [2.24, 2.45) is 5.41 Å². The number of carbonyl (C=O) groups excluding carboxylic acids is 1. The Balaban J connectivity index is 2.56. The number of benzene rings is 1. The molecule has 0 spiro atoms. The first-order valence-corrected chi connectivity index (χ1v) is 8.64. The molecule has 1 amide bonds. The lowest BCUT2D eigenvalue weighted by Crippen LogP contribution is -2.44. The maximum atomic E-state index is 12.1. The van der Waals surface area contributed by atoms with E-state index in [0.29, 0.717) is 30.1 Å². The van der Waals surface area contributed by atoms with Gasteiger partial charge in [0.25, 0.3) is 0 Å². The van der Waals surface area contributed by atoms with Gasteiger partial charge >= 0.3 is 5.97 Å². The van der Waals surface area contributed by atoms with E-state index in [2.05, 4.69) is 10.6 Å². The summed E-state index contributed by atoms with van der Waals surface area (Å²) in [5.74, 6) is -0.960. The Morgan fingerprint density at radius 3 is 2.42 bits per heavy atom. The van der Waals surface area contributed by atoms with Crippen molar-refractivity contribution in [3.05, 3.63) is 28.8 Å². The first-order chi connectivity index (χ1) is 11.2. The molecule has 0 bridgehead atoms. The van der Waals surface area contributed by atoms with Crippen LogP contribution < -0.4 is 10.6 Å². The molecule has 0 saturated heterocycles. The van der Waals surface area contributed by atoms with E-state index in [1.165, 1.54) is 0 Å². The smallest absolute Gasteiger partial charge is 0.310 e. The van der Waals surface area contributed by atoms with E-state index in [9.17, 15) is 14.7 Å². The van der Waals surface area contributed by atoms with Crippen LogP contribution in [0.1, 0.15) is 45.6 Å². The summed E-state index contributed by atoms with van der Waals surface area (Å²) in [6.45, 7) is 7.88. The molecule has 134 valence electrons. The number of carboxylic acids is 1. The lowest BCUT2D eigenvalue weighted by atomic mass is 9.82. The van der Waals surface area contributed by atoms with Gasteiger partial charge in [-0.25, -0.2) is 0 Å². The van der Waals surface area contributed by atoms with E-state index in [0.717, 1.165) is 5.56 Å². The Morgan fingerprint density at radius 1 is 1.29 bits per heavy atom. The molecule has 0 aromatic heterocycles. The van der Waals surface area contributed by atoms with E-state index in [-0.39, 0.29) is 18.4 Å². The second kappa shape index (κ2) is 9.04. The largest absolute Gasteiger partial charge is 0.481 e. The van der Waals surface area contributed by atoms with Crippen LogP contribution in [0, 0.1) is 12.3 Å². The van der Waals surface area contributed by atoms with Crippen LogP contribution in [0.5, 0.6) is 0 Å². The second-order valence-electron chi connectivity index (χ2n) is 6.31. The van der Waals surface area contributed by atoms with Gasteiger partial charge in [0.05, 0.1) is 16.1 Å². The summed E-state index contributed by atoms with van der Waals surface area (Å²) < 4.78 is 0. The minimum Gasteiger partial charge on any atom is -0.481 e. The van der Waals surface area contributed by atoms with E-state index in [1.54, 1.807) is 12.1 Å². The predicted molar refractivity (Wildman–Crippen MR) is 97.6 cm³/mol. The van der Waals surface area contributed by atoms with Gasteiger partial charge in [0.2, 0.25) is 5.91 Å². The van der Waals surface area contributed by atoms with Crippen molar-refractivity contribution in [3.63, 3.8) is 0 Å². The van der Waals surface area contributed by atoms with E-state index >= 15 is 0 Å². The topological polar surface area (TPSA) is 78.4 Å². The van der Waals surface area contributed by atoms with Crippen molar-refractivity contribution in [1.82, 2.24) is 5.32 Å². The highest BCUT2D eigenvalue weighted by molar-refractivity contribution is 6.33. The molecule has 0 saturated carbocycles. The first kappa shape index (κ1) is 20.5. The molecule has 3 N–H and O–H groups in total. The SMILES string of the molecule is CCC(CC)(CNC(C)CC(=O)Nc1ccc(C)cc1Cl)C(=O)O. The molecule has 0 aliphatic heterocycles. The van der Waals surface area contributed by atoms with Crippen LogP contribution in [0.25, 0.3) is 0 Å². The van der Waals surface area contributed by atoms with Gasteiger partial charge in [-0.1, -0.05) is 31.5 Å². The predicted octanol–water partition coefficient (Wildman–Crippen LogP) is 3.85. The molecule has 24 heavy (non-hydrogen) atoms. The number of nitrogens with one attached hydrogen (secondary N) is 2. The van der Waals surface area contributed by atoms with Crippen LogP contribution in [-0.2, 0) is 9.59 Å². The fraction of sp³-hybridized carbons (Fsp3) is 0.556. The zero-order valence-electron chi connectivity index (χ0n) is 14.8. The third kappa shape index (κ3) is 5.49. The van der Waals surface area contributed by atoms with Crippen molar-refractivity contribution < 1.29 is 14.7 Å². The summed E-state index contributed by atoms with van der Waals surface area (Å²) in [5, 5.41) is 15.9. The normalized spacial score (nSPS) is 12.7. The first-order valence-electron chi connectivity index (χ1n) is 8.27. The zero-order valence-corrected chi connectivity index (χ0v) is 15.5. The van der Waals surface area contributed by atoms with Crippen molar-refractivity contribution in [3.8, 4) is 0 Å². The summed E-state index contributed by atoms with van der Waals surface area (Å²) >= 11 is 6.11. The van der Waals surface area contributed by atoms with Gasteiger partial charge in [-0.15, -0.1) is 0 Å². The summed E-state index contributed by atoms with van der Waals surface area (Å²) in [7, 11) is 0. The second-order valence-corrected chi connectivity index (χ2v) is 6.72. The van der Waals surface area contributed by atoms with Crippen LogP contribution >= 0.6 is 11.6 Å². The van der Waals surface area contributed by atoms with E-state index in [1.807, 2.05) is 33.8 Å². The number of aliphatic carboxylic acids is 1. The lowest BCUT2D eigenvalue weighted by molar-refractivity contribution is -0.149. The third-order valence-electron chi connectivity index (χ3n) is 4.49. The quantitative estimate of drug-likeness (QED) is 0.629. The number of hydrogen-bond acceptors (Lipinski definition) is 3. The Kier molecular flexibility index (Phi) is 7.70. The number of amides is 1. The van der Waals surface area contributed by atoms with Crippen LogP contribution in [0.4, 0.5) is 5.69 Å². The standard InChI is InChI=1S/C18H27ClN2O3/c1-5-18(6-2,17(23)24)11-20-13(4)10-16(22)21-15-8-7-12(3)9-14(15)19/h7-9,13,20H,5-6,10-11H2,1-4H3,(H,21,22)(H,23,24). The van der Waals surface area contributed by atoms with Gasteiger partial charge in [-0.05, 0) is 44.4 Å². The van der Waals surface area contributed by atoms with Crippen LogP contribution in [0.15, 0.2) is 18.2 Å². The number of anilines is 1. The van der Waals surface area contributed by atoms with Gasteiger partial charge in [0, 0.05) is 19.0 Å². The Labute approximate surface area is 148 Å². The minimum absolute atomic E-state index is 0.133. The number of carbonyl (C=O) groups is 2. The van der Waals surface area contributed by atoms with Gasteiger partial charge in [0.1, 0.15) is 0 Å². The molecule has 0 radical (unpaired) electrons. The van der Waals surface area contributed by atoms with Crippen LogP contribution in [0.3, 0.4) is 0 Å². The third-order valence-corrected chi connectivity index (χ3v) is 4.80. The number of hydrogen-bond donors (Lipinski definition) is 3. The summed E-state index contributed by atoms with van der Waals surface area (Å²) in [5.41, 5.74) is 0.823. The Bertz CT molecular complexity index is 586. The average molecular weight is 355 g/mol. The molecular formula is C18H27ClN2O3. The molecule has 0 aliphatic carbocycles. The fourth-order valence-corrected chi connectivity index (χ4v) is 2.80. The number of carboxylic acid groups (broad SMARTS) is 1. The van der Waals surface area contributed by atoms with Crippen molar-refractivity contribution in [2.75, 3.05) is 11.9 Å². The Morgan fingerprint density at radius 2 is 1.92 bits per heavy atom. The molecule has 0 fully saturated rings. The zero-order chi connectivity index (χ0) is 18.3. The molecule has 1 rings (SSSR count). The molecule has 6 heteroatoms. The maximum absolute atomic E-state index is 12.1. The monoisotopic (exact) mass is 354 g/mol. The Hall–Kier alpha value is -1.59. The summed E-state index contributed by atoms with van der Waals surface area (Å²) in [6.07, 6.45) is 1.33. The molecule has 5 nitrogen and oxygen atoms in total. The van der Waals surface area contributed by atoms with Crippen LogP contribution in [0.2, 0.25) is 5.02 Å². The van der Waals surface area contributed by atoms with Crippen molar-refractivity contribution >= 4 is 29.2 Å². The molecule has 1 aromatic carbocycles. The average Bonchev–Trinajstić information content (AvgIpc) is 2.51. The highest BCUT2D eigenvalue weighted by atomic mass is 35.5. The minimum atomic E-state index is -0.803. The van der Waals surface area contributed by atoms with E-state index < -0.39 is 11.4 Å². The molecular weight excluding hydrogens is 328 g/mol. The number of halogens is 1. The van der Waals surface area contributed by atoms with Gasteiger partial charge in [-0.3, -0.25) is 9.59 Å². The van der Waals surface area contributed by atoms with Gasteiger partial charge in [-0.2, -0.15) is 0 Å². The number of rotatable bonds is 9.